The molecule has 2 saturated heterocycles. The monoisotopic (exact) mass is 393 g/mol. The molecule has 4 rings (SSSR count). The molecule has 5 nitrogen and oxygen atoms in total. The highest BCUT2D eigenvalue weighted by Gasteiger charge is 2.37. The van der Waals surface area contributed by atoms with Gasteiger partial charge in [0.2, 0.25) is 0 Å². The van der Waals surface area contributed by atoms with Crippen LogP contribution >= 0.6 is 11.3 Å². The predicted octanol–water partition coefficient (Wildman–Crippen LogP) is 3.70. The molecule has 0 saturated carbocycles. The Morgan fingerprint density at radius 2 is 1.69 bits per heavy atom. The Labute approximate surface area is 160 Å². The summed E-state index contributed by atoms with van der Waals surface area (Å²) in [6, 6.07) is 8.21. The minimum absolute atomic E-state index is 0.373. The van der Waals surface area contributed by atoms with Gasteiger partial charge in [0.1, 0.15) is 0 Å². The van der Waals surface area contributed by atoms with Crippen LogP contribution in [0.1, 0.15) is 44.0 Å². The van der Waals surface area contributed by atoms with Crippen LogP contribution in [-0.4, -0.2) is 48.2 Å². The minimum Gasteiger partial charge on any atom is -0.241 e. The zero-order chi connectivity index (χ0) is 18.3. The van der Waals surface area contributed by atoms with Gasteiger partial charge in [-0.05, 0) is 43.2 Å². The fourth-order valence-corrected chi connectivity index (χ4v) is 7.38. The van der Waals surface area contributed by atoms with Crippen LogP contribution in [0.4, 0.5) is 0 Å². The third-order valence-corrected chi connectivity index (χ3v) is 8.77. The number of aromatic nitrogens is 1. The Morgan fingerprint density at radius 3 is 2.35 bits per heavy atom. The summed E-state index contributed by atoms with van der Waals surface area (Å²) in [6.45, 7) is 6.81. The van der Waals surface area contributed by atoms with E-state index in [4.69, 9.17) is 4.98 Å². The molecule has 0 amide bonds. The summed E-state index contributed by atoms with van der Waals surface area (Å²) in [5.41, 5.74) is 1.05. The maximum absolute atomic E-state index is 13.1. The lowest BCUT2D eigenvalue weighted by atomic mass is 9.94. The standard InChI is InChI=1S/C19H27N3O2S2/c1-14-11-15(2)13-22(12-14)26(23,24)21-9-7-16(8-10-21)19-20-17-5-3-4-6-18(17)25-19/h3-6,14-16H,7-13H2,1-2H3. The van der Waals surface area contributed by atoms with E-state index in [2.05, 4.69) is 19.9 Å². The van der Waals surface area contributed by atoms with Crippen molar-refractivity contribution in [2.75, 3.05) is 26.2 Å². The van der Waals surface area contributed by atoms with E-state index in [1.165, 1.54) is 4.70 Å². The Kier molecular flexibility index (Phi) is 5.07. The zero-order valence-electron chi connectivity index (χ0n) is 15.5. The first-order valence-corrected chi connectivity index (χ1v) is 11.8. The quantitative estimate of drug-likeness (QED) is 0.799. The van der Waals surface area contributed by atoms with E-state index >= 15 is 0 Å². The lowest BCUT2D eigenvalue weighted by Crippen LogP contribution is -2.51. The van der Waals surface area contributed by atoms with E-state index in [0.717, 1.165) is 29.8 Å². The zero-order valence-corrected chi connectivity index (χ0v) is 17.1. The lowest BCUT2D eigenvalue weighted by molar-refractivity contribution is 0.202. The van der Waals surface area contributed by atoms with E-state index in [9.17, 15) is 8.42 Å². The largest absolute Gasteiger partial charge is 0.281 e. The number of benzene rings is 1. The number of para-hydroxylation sites is 1. The van der Waals surface area contributed by atoms with Crippen LogP contribution in [0, 0.1) is 11.8 Å². The van der Waals surface area contributed by atoms with Crippen molar-refractivity contribution in [3.63, 3.8) is 0 Å². The van der Waals surface area contributed by atoms with E-state index in [1.54, 1.807) is 19.9 Å². The predicted molar refractivity (Wildman–Crippen MR) is 107 cm³/mol. The number of piperidine rings is 2. The fourth-order valence-electron chi connectivity index (χ4n) is 4.36. The van der Waals surface area contributed by atoms with Crippen LogP contribution in [0.3, 0.4) is 0 Å². The Bertz CT molecular complexity index is 829. The third-order valence-electron chi connectivity index (χ3n) is 5.60. The molecule has 26 heavy (non-hydrogen) atoms. The van der Waals surface area contributed by atoms with Crippen molar-refractivity contribution in [1.82, 2.24) is 13.6 Å². The molecule has 0 spiro atoms. The molecule has 0 N–H and O–H groups in total. The normalized spacial score (nSPS) is 27.2. The van der Waals surface area contributed by atoms with E-state index in [0.29, 0.717) is 43.9 Å². The SMILES string of the molecule is CC1CC(C)CN(S(=O)(=O)N2CCC(c3nc4ccccc4s3)CC2)C1. The second-order valence-electron chi connectivity index (χ2n) is 7.96. The van der Waals surface area contributed by atoms with Crippen molar-refractivity contribution in [3.8, 4) is 0 Å². The first kappa shape index (κ1) is 18.3. The number of thiazole rings is 1. The summed E-state index contributed by atoms with van der Waals surface area (Å²) in [6.07, 6.45) is 2.84. The maximum Gasteiger partial charge on any atom is 0.281 e. The second kappa shape index (κ2) is 7.19. The van der Waals surface area contributed by atoms with Gasteiger partial charge >= 0.3 is 0 Å². The molecule has 2 aliphatic rings. The molecule has 2 atom stereocenters. The van der Waals surface area contributed by atoms with Gasteiger partial charge in [0.15, 0.2) is 0 Å². The molecule has 3 heterocycles. The highest BCUT2D eigenvalue weighted by atomic mass is 32.2. The van der Waals surface area contributed by atoms with Crippen LogP contribution in [0.5, 0.6) is 0 Å². The van der Waals surface area contributed by atoms with Crippen LogP contribution in [0.15, 0.2) is 24.3 Å². The fraction of sp³-hybridized carbons (Fsp3) is 0.632. The van der Waals surface area contributed by atoms with Crippen molar-refractivity contribution in [3.05, 3.63) is 29.3 Å². The first-order chi connectivity index (χ1) is 12.4. The maximum atomic E-state index is 13.1. The van der Waals surface area contributed by atoms with Gasteiger partial charge in [0, 0.05) is 32.1 Å². The van der Waals surface area contributed by atoms with Crippen LogP contribution in [-0.2, 0) is 10.2 Å². The van der Waals surface area contributed by atoms with Gasteiger partial charge in [-0.1, -0.05) is 26.0 Å². The number of rotatable bonds is 3. The van der Waals surface area contributed by atoms with Crippen LogP contribution in [0.2, 0.25) is 0 Å². The molecule has 2 aromatic rings. The van der Waals surface area contributed by atoms with Crippen LogP contribution in [0.25, 0.3) is 10.2 Å². The molecule has 2 unspecified atom stereocenters. The number of fused-ring (bicyclic) bond motifs is 1. The molecule has 7 heteroatoms. The Morgan fingerprint density at radius 1 is 1.04 bits per heavy atom. The minimum atomic E-state index is -3.33. The summed E-state index contributed by atoms with van der Waals surface area (Å²) in [4.78, 5) is 4.77. The average molecular weight is 394 g/mol. The molecular weight excluding hydrogens is 366 g/mol. The van der Waals surface area contributed by atoms with Gasteiger partial charge in [-0.15, -0.1) is 11.3 Å². The second-order valence-corrected chi connectivity index (χ2v) is 11.0. The van der Waals surface area contributed by atoms with Crippen molar-refractivity contribution in [1.29, 1.82) is 0 Å². The summed E-state index contributed by atoms with van der Waals surface area (Å²) in [5, 5.41) is 1.16. The van der Waals surface area contributed by atoms with E-state index in [1.807, 2.05) is 18.2 Å². The van der Waals surface area contributed by atoms with Crippen LogP contribution < -0.4 is 0 Å². The summed E-state index contributed by atoms with van der Waals surface area (Å²) in [5.74, 6) is 1.25. The summed E-state index contributed by atoms with van der Waals surface area (Å²) >= 11 is 1.75. The van der Waals surface area contributed by atoms with Gasteiger partial charge in [0.05, 0.1) is 15.2 Å². The lowest BCUT2D eigenvalue weighted by Gasteiger charge is -2.39. The van der Waals surface area contributed by atoms with Gasteiger partial charge in [-0.25, -0.2) is 4.98 Å². The summed E-state index contributed by atoms with van der Waals surface area (Å²) < 4.78 is 30.7. The van der Waals surface area contributed by atoms with Gasteiger partial charge in [0.25, 0.3) is 10.2 Å². The molecule has 1 aromatic heterocycles. The number of nitrogens with zero attached hydrogens (tertiary/aromatic N) is 3. The van der Waals surface area contributed by atoms with E-state index in [-0.39, 0.29) is 0 Å². The highest BCUT2D eigenvalue weighted by Crippen LogP contribution is 2.35. The first-order valence-electron chi connectivity index (χ1n) is 9.54. The number of hydrogen-bond acceptors (Lipinski definition) is 4. The summed E-state index contributed by atoms with van der Waals surface area (Å²) in [7, 11) is -3.33. The smallest absolute Gasteiger partial charge is 0.241 e. The molecule has 0 aliphatic carbocycles. The molecule has 0 radical (unpaired) electrons. The topological polar surface area (TPSA) is 53.5 Å². The number of hydrogen-bond donors (Lipinski definition) is 0. The van der Waals surface area contributed by atoms with Crippen molar-refractivity contribution in [2.24, 2.45) is 11.8 Å². The van der Waals surface area contributed by atoms with Gasteiger partial charge in [-0.2, -0.15) is 17.0 Å². The molecular formula is C19H27N3O2S2. The Hall–Kier alpha value is -1.02. The van der Waals surface area contributed by atoms with Gasteiger partial charge < -0.3 is 0 Å². The molecule has 142 valence electrons. The molecule has 2 fully saturated rings. The van der Waals surface area contributed by atoms with Crippen molar-refractivity contribution in [2.45, 2.75) is 39.0 Å². The third kappa shape index (κ3) is 3.54. The highest BCUT2D eigenvalue weighted by molar-refractivity contribution is 7.86. The Balaban J connectivity index is 1.44. The van der Waals surface area contributed by atoms with Crippen molar-refractivity contribution < 1.29 is 8.42 Å². The van der Waals surface area contributed by atoms with E-state index < -0.39 is 10.2 Å². The van der Waals surface area contributed by atoms with Crippen molar-refractivity contribution >= 4 is 31.8 Å². The average Bonchev–Trinajstić information content (AvgIpc) is 3.05. The molecule has 0 bridgehead atoms. The van der Waals surface area contributed by atoms with Gasteiger partial charge in [-0.3, -0.25) is 0 Å². The molecule has 2 aliphatic heterocycles. The molecule has 1 aromatic carbocycles.